The van der Waals surface area contributed by atoms with E-state index in [0.717, 1.165) is 10.4 Å². The summed E-state index contributed by atoms with van der Waals surface area (Å²) in [6.45, 7) is 3.67. The van der Waals surface area contributed by atoms with Crippen LogP contribution in [0.15, 0.2) is 24.3 Å². The molecule has 5 nitrogen and oxygen atoms in total. The molecule has 0 fully saturated rings. The third kappa shape index (κ3) is 3.54. The van der Waals surface area contributed by atoms with Crippen molar-refractivity contribution in [1.29, 1.82) is 5.26 Å². The van der Waals surface area contributed by atoms with Gasteiger partial charge in [0.1, 0.15) is 11.1 Å². The Bertz CT molecular complexity index is 800. The molecule has 0 radical (unpaired) electrons. The van der Waals surface area contributed by atoms with Crippen LogP contribution in [-0.2, 0) is 15.8 Å². The zero-order chi connectivity index (χ0) is 15.6. The number of aryl methyl sites for hydroxylation is 1. The molecular weight excluding hydrogens is 306 g/mol. The molecule has 0 amide bonds. The minimum absolute atomic E-state index is 0.159. The summed E-state index contributed by atoms with van der Waals surface area (Å²) in [6, 6.07) is 8.70. The molecule has 0 saturated heterocycles. The highest BCUT2D eigenvalue weighted by atomic mass is 32.2. The quantitative estimate of drug-likeness (QED) is 0.846. The van der Waals surface area contributed by atoms with E-state index >= 15 is 0 Å². The minimum atomic E-state index is -3.57. The Morgan fingerprint density at radius 2 is 1.90 bits per heavy atom. The van der Waals surface area contributed by atoms with Gasteiger partial charge in [0.15, 0.2) is 0 Å². The second-order valence-electron chi connectivity index (χ2n) is 4.70. The van der Waals surface area contributed by atoms with Gasteiger partial charge in [-0.05, 0) is 37.1 Å². The highest BCUT2D eigenvalue weighted by Gasteiger charge is 2.18. The van der Waals surface area contributed by atoms with Gasteiger partial charge < -0.3 is 5.73 Å². The van der Waals surface area contributed by atoms with E-state index in [4.69, 9.17) is 11.0 Å². The third-order valence-corrected chi connectivity index (χ3v) is 5.56. The van der Waals surface area contributed by atoms with Gasteiger partial charge in [-0.1, -0.05) is 12.1 Å². The zero-order valence-electron chi connectivity index (χ0n) is 11.7. The van der Waals surface area contributed by atoms with Crippen LogP contribution in [0.4, 0.5) is 10.7 Å². The van der Waals surface area contributed by atoms with Crippen molar-refractivity contribution in [3.8, 4) is 6.07 Å². The molecular formula is C14H15N3O2S2. The van der Waals surface area contributed by atoms with Gasteiger partial charge in [0.2, 0.25) is 10.0 Å². The first-order chi connectivity index (χ1) is 9.82. The number of nitriles is 1. The van der Waals surface area contributed by atoms with Crippen molar-refractivity contribution in [3.63, 3.8) is 0 Å². The zero-order valence-corrected chi connectivity index (χ0v) is 13.3. The fraction of sp³-hybridized carbons (Fsp3) is 0.214. The number of benzene rings is 1. The Morgan fingerprint density at radius 1 is 1.29 bits per heavy atom. The van der Waals surface area contributed by atoms with Crippen molar-refractivity contribution in [3.05, 3.63) is 45.8 Å². The predicted octanol–water partition coefficient (Wildman–Crippen LogP) is 2.76. The lowest BCUT2D eigenvalue weighted by molar-refractivity contribution is 0.600. The minimum Gasteiger partial charge on any atom is -0.399 e. The predicted molar refractivity (Wildman–Crippen MR) is 85.6 cm³/mol. The van der Waals surface area contributed by atoms with E-state index in [1.54, 1.807) is 24.3 Å². The molecule has 1 heterocycles. The van der Waals surface area contributed by atoms with Crippen LogP contribution in [-0.4, -0.2) is 8.42 Å². The molecule has 7 heteroatoms. The topological polar surface area (TPSA) is 96.0 Å². The molecule has 2 rings (SSSR count). The molecule has 0 aliphatic rings. The number of thiophene rings is 1. The first-order valence-corrected chi connectivity index (χ1v) is 8.64. The maximum absolute atomic E-state index is 12.2. The molecule has 0 bridgehead atoms. The molecule has 0 unspecified atom stereocenters. The van der Waals surface area contributed by atoms with Gasteiger partial charge in [0.05, 0.1) is 11.3 Å². The molecule has 110 valence electrons. The van der Waals surface area contributed by atoms with Crippen molar-refractivity contribution in [2.45, 2.75) is 19.6 Å². The standard InChI is InChI=1S/C14H15N3O2S2/c1-9-10(2)20-14(13(9)7-15)17-21(18,19)8-11-3-5-12(16)6-4-11/h3-6,17H,8,16H2,1-2H3. The van der Waals surface area contributed by atoms with Crippen LogP contribution < -0.4 is 10.5 Å². The monoisotopic (exact) mass is 321 g/mol. The normalized spacial score (nSPS) is 11.1. The number of nitrogen functional groups attached to an aromatic ring is 1. The van der Waals surface area contributed by atoms with Crippen LogP contribution in [0.3, 0.4) is 0 Å². The molecule has 21 heavy (non-hydrogen) atoms. The molecule has 0 aliphatic heterocycles. The SMILES string of the molecule is Cc1sc(NS(=O)(=O)Cc2ccc(N)cc2)c(C#N)c1C. The van der Waals surface area contributed by atoms with E-state index < -0.39 is 10.0 Å². The summed E-state index contributed by atoms with van der Waals surface area (Å²) >= 11 is 1.27. The van der Waals surface area contributed by atoms with Crippen molar-refractivity contribution >= 4 is 32.0 Å². The van der Waals surface area contributed by atoms with Gasteiger partial charge in [0, 0.05) is 10.6 Å². The van der Waals surface area contributed by atoms with Crippen LogP contribution >= 0.6 is 11.3 Å². The number of hydrogen-bond acceptors (Lipinski definition) is 5. The summed E-state index contributed by atoms with van der Waals surface area (Å²) in [5.74, 6) is -0.159. The van der Waals surface area contributed by atoms with Gasteiger partial charge >= 0.3 is 0 Å². The number of sulfonamides is 1. The second-order valence-corrected chi connectivity index (χ2v) is 7.65. The van der Waals surface area contributed by atoms with E-state index in [-0.39, 0.29) is 5.75 Å². The summed E-state index contributed by atoms with van der Waals surface area (Å²) < 4.78 is 26.9. The van der Waals surface area contributed by atoms with E-state index in [1.807, 2.05) is 19.9 Å². The van der Waals surface area contributed by atoms with Gasteiger partial charge in [-0.3, -0.25) is 4.72 Å². The van der Waals surface area contributed by atoms with Gasteiger partial charge in [0.25, 0.3) is 0 Å². The van der Waals surface area contributed by atoms with Gasteiger partial charge in [-0.15, -0.1) is 11.3 Å². The lowest BCUT2D eigenvalue weighted by atomic mass is 10.2. The Morgan fingerprint density at radius 3 is 2.48 bits per heavy atom. The Balaban J connectivity index is 2.24. The molecule has 1 aromatic heterocycles. The van der Waals surface area contributed by atoms with Crippen LogP contribution in [0.25, 0.3) is 0 Å². The molecule has 0 atom stereocenters. The lowest BCUT2D eigenvalue weighted by Gasteiger charge is -2.07. The first-order valence-electron chi connectivity index (χ1n) is 6.17. The smallest absolute Gasteiger partial charge is 0.237 e. The summed E-state index contributed by atoms with van der Waals surface area (Å²) in [5, 5.41) is 9.52. The van der Waals surface area contributed by atoms with E-state index in [2.05, 4.69) is 4.72 Å². The van der Waals surface area contributed by atoms with E-state index in [0.29, 0.717) is 21.8 Å². The van der Waals surface area contributed by atoms with Crippen LogP contribution in [0.5, 0.6) is 0 Å². The Hall–Kier alpha value is -2.04. The Kier molecular flexibility index (Phi) is 4.21. The summed E-state index contributed by atoms with van der Waals surface area (Å²) in [5.41, 5.74) is 7.99. The summed E-state index contributed by atoms with van der Waals surface area (Å²) in [6.07, 6.45) is 0. The van der Waals surface area contributed by atoms with Crippen LogP contribution in [0, 0.1) is 25.2 Å². The Labute approximate surface area is 128 Å². The highest BCUT2D eigenvalue weighted by molar-refractivity contribution is 7.92. The third-order valence-electron chi connectivity index (χ3n) is 3.08. The van der Waals surface area contributed by atoms with Crippen molar-refractivity contribution in [2.75, 3.05) is 10.5 Å². The number of anilines is 2. The number of hydrogen-bond donors (Lipinski definition) is 2. The van der Waals surface area contributed by atoms with Crippen LogP contribution in [0.1, 0.15) is 21.6 Å². The number of nitrogens with one attached hydrogen (secondary N) is 1. The largest absolute Gasteiger partial charge is 0.399 e. The fourth-order valence-corrected chi connectivity index (χ4v) is 4.34. The summed E-state index contributed by atoms with van der Waals surface area (Å²) in [7, 11) is -3.57. The maximum atomic E-state index is 12.2. The maximum Gasteiger partial charge on any atom is 0.237 e. The van der Waals surface area contributed by atoms with Gasteiger partial charge in [-0.2, -0.15) is 5.26 Å². The van der Waals surface area contributed by atoms with Gasteiger partial charge in [-0.25, -0.2) is 8.42 Å². The number of nitrogens with two attached hydrogens (primary N) is 1. The average molecular weight is 321 g/mol. The fourth-order valence-electron chi connectivity index (χ4n) is 1.84. The molecule has 3 N–H and O–H groups in total. The molecule has 0 spiro atoms. The molecule has 0 saturated carbocycles. The van der Waals surface area contributed by atoms with E-state index in [9.17, 15) is 8.42 Å². The lowest BCUT2D eigenvalue weighted by Crippen LogP contribution is -2.15. The summed E-state index contributed by atoms with van der Waals surface area (Å²) in [4.78, 5) is 0.928. The van der Waals surface area contributed by atoms with Crippen molar-refractivity contribution in [1.82, 2.24) is 0 Å². The van der Waals surface area contributed by atoms with E-state index in [1.165, 1.54) is 11.3 Å². The first kappa shape index (κ1) is 15.4. The molecule has 0 aliphatic carbocycles. The number of rotatable bonds is 4. The molecule has 1 aromatic carbocycles. The highest BCUT2D eigenvalue weighted by Crippen LogP contribution is 2.32. The second kappa shape index (κ2) is 5.76. The molecule has 2 aromatic rings. The van der Waals surface area contributed by atoms with Crippen molar-refractivity contribution < 1.29 is 8.42 Å². The average Bonchev–Trinajstić information content (AvgIpc) is 2.66. The van der Waals surface area contributed by atoms with Crippen molar-refractivity contribution in [2.24, 2.45) is 0 Å². The van der Waals surface area contributed by atoms with Crippen LogP contribution in [0.2, 0.25) is 0 Å². The number of nitrogens with zero attached hydrogens (tertiary/aromatic N) is 1.